The molecule has 29 heavy (non-hydrogen) atoms. The van der Waals surface area contributed by atoms with Crippen LogP contribution in [0, 0.1) is 0 Å². The maximum absolute atomic E-state index is 6.05. The third-order valence-corrected chi connectivity index (χ3v) is 5.15. The van der Waals surface area contributed by atoms with Gasteiger partial charge in [0.1, 0.15) is 17.5 Å². The van der Waals surface area contributed by atoms with Crippen LogP contribution in [0.2, 0.25) is 0 Å². The Bertz CT molecular complexity index is 956. The molecule has 4 nitrogen and oxygen atoms in total. The van der Waals surface area contributed by atoms with Crippen LogP contribution >= 0.6 is 0 Å². The Morgan fingerprint density at radius 3 is 2.31 bits per heavy atom. The number of hydrogen-bond donors (Lipinski definition) is 1. The molecule has 150 valence electrons. The van der Waals surface area contributed by atoms with E-state index in [1.54, 1.807) is 0 Å². The lowest BCUT2D eigenvalue weighted by molar-refractivity contribution is -0.690. The van der Waals surface area contributed by atoms with Gasteiger partial charge in [0, 0.05) is 17.5 Å². The Morgan fingerprint density at radius 2 is 1.55 bits per heavy atom. The summed E-state index contributed by atoms with van der Waals surface area (Å²) in [6.07, 6.45) is 1.03. The average molecular weight is 391 g/mol. The summed E-state index contributed by atoms with van der Waals surface area (Å²) in [6, 6.07) is 22.8. The smallest absolute Gasteiger partial charge is 0.161 e. The third-order valence-electron chi connectivity index (χ3n) is 5.15. The van der Waals surface area contributed by atoms with Crippen molar-refractivity contribution in [2.24, 2.45) is 0 Å². The molecule has 3 aromatic carbocycles. The van der Waals surface area contributed by atoms with Gasteiger partial charge in [0.2, 0.25) is 0 Å². The van der Waals surface area contributed by atoms with Gasteiger partial charge in [-0.05, 0) is 55.8 Å². The molecule has 0 amide bonds. The Labute approximate surface area is 172 Å². The lowest BCUT2D eigenvalue weighted by Crippen LogP contribution is -2.87. The molecule has 0 unspecified atom stereocenters. The molecule has 1 aliphatic rings. The maximum Gasteiger partial charge on any atom is 0.161 e. The quantitative estimate of drug-likeness (QED) is 0.647. The molecule has 0 bridgehead atoms. The monoisotopic (exact) mass is 390 g/mol. The van der Waals surface area contributed by atoms with Gasteiger partial charge in [-0.3, -0.25) is 0 Å². The molecule has 1 aliphatic heterocycles. The molecule has 1 atom stereocenters. The van der Waals surface area contributed by atoms with E-state index in [1.807, 2.05) is 50.2 Å². The highest BCUT2D eigenvalue weighted by atomic mass is 16.5. The van der Waals surface area contributed by atoms with E-state index in [-0.39, 0.29) is 6.04 Å². The van der Waals surface area contributed by atoms with E-state index in [1.165, 1.54) is 16.7 Å². The molecule has 2 N–H and O–H groups in total. The summed E-state index contributed by atoms with van der Waals surface area (Å²) in [4.78, 5) is 0. The first-order valence-electron chi connectivity index (χ1n) is 10.4. The summed E-state index contributed by atoms with van der Waals surface area (Å²) in [5.41, 5.74) is 3.85. The van der Waals surface area contributed by atoms with Crippen molar-refractivity contribution in [3.8, 4) is 23.0 Å². The number of fused-ring (bicyclic) bond motifs is 1. The van der Waals surface area contributed by atoms with Gasteiger partial charge in [0.15, 0.2) is 11.5 Å². The molecule has 0 saturated carbocycles. The highest BCUT2D eigenvalue weighted by Gasteiger charge is 2.27. The number of quaternary nitrogens is 1. The molecule has 0 radical (unpaired) electrons. The van der Waals surface area contributed by atoms with Crippen LogP contribution in [0.25, 0.3) is 0 Å². The SMILES string of the molecule is CCOc1cc2c(cc1OCC)[C@H](c1cccc(Oc3ccccc3)c1)[NH2+]CC2. The van der Waals surface area contributed by atoms with Gasteiger partial charge in [0.05, 0.1) is 19.8 Å². The van der Waals surface area contributed by atoms with E-state index >= 15 is 0 Å². The normalized spacial score (nSPS) is 15.4. The van der Waals surface area contributed by atoms with Crippen LogP contribution < -0.4 is 19.5 Å². The van der Waals surface area contributed by atoms with Gasteiger partial charge < -0.3 is 19.5 Å². The minimum atomic E-state index is 0.216. The van der Waals surface area contributed by atoms with Crippen molar-refractivity contribution in [3.63, 3.8) is 0 Å². The Morgan fingerprint density at radius 1 is 0.828 bits per heavy atom. The highest BCUT2D eigenvalue weighted by Crippen LogP contribution is 2.36. The topological polar surface area (TPSA) is 44.3 Å². The zero-order valence-corrected chi connectivity index (χ0v) is 17.1. The van der Waals surface area contributed by atoms with Gasteiger partial charge in [-0.2, -0.15) is 0 Å². The molecular weight excluding hydrogens is 362 g/mol. The van der Waals surface area contributed by atoms with Crippen LogP contribution in [-0.2, 0) is 6.42 Å². The van der Waals surface area contributed by atoms with E-state index in [2.05, 4.69) is 35.6 Å². The molecule has 0 fully saturated rings. The summed E-state index contributed by atoms with van der Waals surface area (Å²) in [5.74, 6) is 3.36. The van der Waals surface area contributed by atoms with Gasteiger partial charge in [-0.1, -0.05) is 30.3 Å². The molecular formula is C25H28NO3+. The molecule has 4 rings (SSSR count). The van der Waals surface area contributed by atoms with Crippen LogP contribution in [0.15, 0.2) is 66.7 Å². The van der Waals surface area contributed by atoms with E-state index < -0.39 is 0 Å². The zero-order valence-electron chi connectivity index (χ0n) is 17.1. The third kappa shape index (κ3) is 4.38. The fraction of sp³-hybridized carbons (Fsp3) is 0.280. The molecule has 3 aromatic rings. The van der Waals surface area contributed by atoms with Gasteiger partial charge >= 0.3 is 0 Å². The number of nitrogens with two attached hydrogens (primary N) is 1. The summed E-state index contributed by atoms with van der Waals surface area (Å²) >= 11 is 0. The van der Waals surface area contributed by atoms with Crippen molar-refractivity contribution in [2.45, 2.75) is 26.3 Å². The predicted molar refractivity (Wildman–Crippen MR) is 114 cm³/mol. The number of para-hydroxylation sites is 1. The largest absolute Gasteiger partial charge is 0.490 e. The van der Waals surface area contributed by atoms with Crippen LogP contribution in [0.3, 0.4) is 0 Å². The first-order valence-corrected chi connectivity index (χ1v) is 10.4. The average Bonchev–Trinajstić information content (AvgIpc) is 2.75. The lowest BCUT2D eigenvalue weighted by Gasteiger charge is -2.26. The van der Waals surface area contributed by atoms with Crippen molar-refractivity contribution in [3.05, 3.63) is 83.4 Å². The van der Waals surface area contributed by atoms with Gasteiger partial charge in [-0.25, -0.2) is 0 Å². The number of hydrogen-bond acceptors (Lipinski definition) is 3. The van der Waals surface area contributed by atoms with Crippen LogP contribution in [0.5, 0.6) is 23.0 Å². The van der Waals surface area contributed by atoms with Crippen LogP contribution in [0.1, 0.15) is 36.6 Å². The van der Waals surface area contributed by atoms with E-state index in [9.17, 15) is 0 Å². The fourth-order valence-corrected chi connectivity index (χ4v) is 3.90. The van der Waals surface area contributed by atoms with Crippen molar-refractivity contribution in [2.75, 3.05) is 19.8 Å². The highest BCUT2D eigenvalue weighted by molar-refractivity contribution is 5.51. The first-order chi connectivity index (χ1) is 14.3. The molecule has 0 saturated heterocycles. The molecule has 4 heteroatoms. The summed E-state index contributed by atoms with van der Waals surface area (Å²) in [6.45, 7) is 6.30. The minimum Gasteiger partial charge on any atom is -0.490 e. The van der Waals surface area contributed by atoms with Crippen LogP contribution in [-0.4, -0.2) is 19.8 Å². The Hall–Kier alpha value is -2.98. The number of benzene rings is 3. The second-order valence-corrected chi connectivity index (χ2v) is 7.10. The van der Waals surface area contributed by atoms with Crippen molar-refractivity contribution in [1.29, 1.82) is 0 Å². The van der Waals surface area contributed by atoms with E-state index in [0.717, 1.165) is 36.0 Å². The van der Waals surface area contributed by atoms with Crippen molar-refractivity contribution < 1.29 is 19.5 Å². The molecule has 0 aliphatic carbocycles. The standard InChI is InChI=1S/C25H27NO3/c1-3-27-23-16-18-13-14-26-25(22(18)17-24(23)28-4-2)19-9-8-12-21(15-19)29-20-10-6-5-7-11-20/h5-12,15-17,25-26H,3-4,13-14H2,1-2H3/p+1/t25-/m0/s1. The lowest BCUT2D eigenvalue weighted by atomic mass is 9.89. The second kappa shape index (κ2) is 9.01. The maximum atomic E-state index is 6.05. The molecule has 0 aromatic heterocycles. The minimum absolute atomic E-state index is 0.216. The van der Waals surface area contributed by atoms with Crippen molar-refractivity contribution >= 4 is 0 Å². The van der Waals surface area contributed by atoms with Crippen molar-refractivity contribution in [1.82, 2.24) is 0 Å². The predicted octanol–water partition coefficient (Wildman–Crippen LogP) is 4.49. The number of ether oxygens (including phenoxy) is 3. The molecule has 0 spiro atoms. The summed E-state index contributed by atoms with van der Waals surface area (Å²) in [5, 5.41) is 2.39. The first kappa shape index (κ1) is 19.3. The second-order valence-electron chi connectivity index (χ2n) is 7.10. The van der Waals surface area contributed by atoms with E-state index in [0.29, 0.717) is 13.2 Å². The van der Waals surface area contributed by atoms with Gasteiger partial charge in [-0.15, -0.1) is 0 Å². The Kier molecular flexibility index (Phi) is 6.01. The van der Waals surface area contributed by atoms with Crippen LogP contribution in [0.4, 0.5) is 0 Å². The molecule has 1 heterocycles. The summed E-state index contributed by atoms with van der Waals surface area (Å²) in [7, 11) is 0. The summed E-state index contributed by atoms with van der Waals surface area (Å²) < 4.78 is 17.8. The Balaban J connectivity index is 1.67. The van der Waals surface area contributed by atoms with E-state index in [4.69, 9.17) is 14.2 Å². The number of rotatable bonds is 7. The fourth-order valence-electron chi connectivity index (χ4n) is 3.90. The van der Waals surface area contributed by atoms with Gasteiger partial charge in [0.25, 0.3) is 0 Å². The zero-order chi connectivity index (χ0) is 20.1.